The molecule has 110 valence electrons. The van der Waals surface area contributed by atoms with Gasteiger partial charge in [0.15, 0.2) is 0 Å². The molecule has 2 rings (SSSR count). The van der Waals surface area contributed by atoms with Gasteiger partial charge in [-0.15, -0.1) is 0 Å². The first-order valence-electron chi connectivity index (χ1n) is 6.70. The molecule has 0 aliphatic carbocycles. The number of carbonyl (C=O) groups is 1. The average molecular weight is 301 g/mol. The molecule has 1 amide bonds. The van der Waals surface area contributed by atoms with E-state index in [2.05, 4.69) is 10.2 Å². The third-order valence-corrected chi connectivity index (χ3v) is 3.45. The monoisotopic (exact) mass is 300 g/mol. The number of hydrogen-bond donors (Lipinski definition) is 1. The molecule has 1 aromatic carbocycles. The highest BCUT2D eigenvalue weighted by Crippen LogP contribution is 2.14. The second kappa shape index (κ2) is 7.57. The number of hydrogen-bond acceptors (Lipinski definition) is 3. The maximum Gasteiger partial charge on any atom is 0.254 e. The lowest BCUT2D eigenvalue weighted by Crippen LogP contribution is -2.38. The molecule has 0 spiro atoms. The lowest BCUT2D eigenvalue weighted by molar-refractivity contribution is 0.0374. The van der Waals surface area contributed by atoms with Crippen LogP contribution in [0.15, 0.2) is 18.2 Å². The second-order valence-corrected chi connectivity index (χ2v) is 5.12. The van der Waals surface area contributed by atoms with E-state index in [4.69, 9.17) is 16.3 Å². The molecule has 0 bridgehead atoms. The van der Waals surface area contributed by atoms with Gasteiger partial charge in [0.1, 0.15) is 5.82 Å². The standard InChI is InChI=1S/C14H18ClFN2O2/c15-11-2-3-13(16)12(10-11)14(19)17-4-1-5-18-6-8-20-9-7-18/h2-3,10H,1,4-9H2,(H,17,19). The first-order chi connectivity index (χ1) is 9.66. The molecule has 0 radical (unpaired) electrons. The Balaban J connectivity index is 1.73. The van der Waals surface area contributed by atoms with Crippen molar-refractivity contribution < 1.29 is 13.9 Å². The third-order valence-electron chi connectivity index (χ3n) is 3.21. The van der Waals surface area contributed by atoms with E-state index in [0.717, 1.165) is 39.3 Å². The second-order valence-electron chi connectivity index (χ2n) is 4.69. The van der Waals surface area contributed by atoms with Crippen LogP contribution in [0, 0.1) is 5.82 Å². The predicted octanol–water partition coefficient (Wildman–Crippen LogP) is 1.93. The molecular formula is C14H18ClFN2O2. The Labute approximate surface area is 122 Å². The number of ether oxygens (including phenoxy) is 1. The van der Waals surface area contributed by atoms with Gasteiger partial charge in [-0.3, -0.25) is 9.69 Å². The maximum absolute atomic E-state index is 13.5. The number of morpholine rings is 1. The van der Waals surface area contributed by atoms with Crippen molar-refractivity contribution in [3.63, 3.8) is 0 Å². The summed E-state index contributed by atoms with van der Waals surface area (Å²) in [7, 11) is 0. The molecule has 1 heterocycles. The van der Waals surface area contributed by atoms with Gasteiger partial charge in [-0.2, -0.15) is 0 Å². The van der Waals surface area contributed by atoms with Crippen molar-refractivity contribution in [3.05, 3.63) is 34.6 Å². The summed E-state index contributed by atoms with van der Waals surface area (Å²) in [5, 5.41) is 3.06. The lowest BCUT2D eigenvalue weighted by atomic mass is 10.2. The highest BCUT2D eigenvalue weighted by atomic mass is 35.5. The van der Waals surface area contributed by atoms with Crippen LogP contribution in [0.1, 0.15) is 16.8 Å². The normalized spacial score (nSPS) is 16.1. The fourth-order valence-electron chi connectivity index (χ4n) is 2.10. The van der Waals surface area contributed by atoms with Gasteiger partial charge in [0, 0.05) is 24.7 Å². The highest BCUT2D eigenvalue weighted by Gasteiger charge is 2.13. The number of amides is 1. The van der Waals surface area contributed by atoms with E-state index in [1.54, 1.807) is 0 Å². The minimum Gasteiger partial charge on any atom is -0.379 e. The molecule has 20 heavy (non-hydrogen) atoms. The summed E-state index contributed by atoms with van der Waals surface area (Å²) >= 11 is 5.76. The van der Waals surface area contributed by atoms with Gasteiger partial charge in [-0.05, 0) is 31.2 Å². The maximum atomic E-state index is 13.5. The van der Waals surface area contributed by atoms with Crippen molar-refractivity contribution in [3.8, 4) is 0 Å². The van der Waals surface area contributed by atoms with E-state index < -0.39 is 11.7 Å². The summed E-state index contributed by atoms with van der Waals surface area (Å²) in [5.41, 5.74) is -0.0103. The summed E-state index contributed by atoms with van der Waals surface area (Å²) in [4.78, 5) is 14.1. The van der Waals surface area contributed by atoms with Crippen LogP contribution in [-0.4, -0.2) is 50.2 Å². The Morgan fingerprint density at radius 1 is 1.40 bits per heavy atom. The largest absolute Gasteiger partial charge is 0.379 e. The van der Waals surface area contributed by atoms with Crippen LogP contribution >= 0.6 is 11.6 Å². The van der Waals surface area contributed by atoms with E-state index >= 15 is 0 Å². The smallest absolute Gasteiger partial charge is 0.254 e. The van der Waals surface area contributed by atoms with Gasteiger partial charge < -0.3 is 10.1 Å². The van der Waals surface area contributed by atoms with Gasteiger partial charge in [0.05, 0.1) is 18.8 Å². The number of benzene rings is 1. The quantitative estimate of drug-likeness (QED) is 0.845. The zero-order chi connectivity index (χ0) is 14.4. The van der Waals surface area contributed by atoms with Crippen LogP contribution in [0.2, 0.25) is 5.02 Å². The van der Waals surface area contributed by atoms with Crippen molar-refractivity contribution >= 4 is 17.5 Å². The SMILES string of the molecule is O=C(NCCCN1CCOCC1)c1cc(Cl)ccc1F. The molecule has 0 saturated carbocycles. The van der Waals surface area contributed by atoms with Crippen molar-refractivity contribution in [2.75, 3.05) is 39.4 Å². The van der Waals surface area contributed by atoms with Crippen LogP contribution in [-0.2, 0) is 4.74 Å². The van der Waals surface area contributed by atoms with Crippen LogP contribution in [0.4, 0.5) is 4.39 Å². The first-order valence-corrected chi connectivity index (χ1v) is 7.08. The Hall–Kier alpha value is -1.17. The molecule has 1 N–H and O–H groups in total. The number of carbonyl (C=O) groups excluding carboxylic acids is 1. The van der Waals surface area contributed by atoms with E-state index in [0.29, 0.717) is 11.6 Å². The Morgan fingerprint density at radius 3 is 2.90 bits per heavy atom. The molecule has 6 heteroatoms. The number of rotatable bonds is 5. The number of nitrogens with one attached hydrogen (secondary N) is 1. The van der Waals surface area contributed by atoms with Crippen LogP contribution in [0.3, 0.4) is 0 Å². The van der Waals surface area contributed by atoms with Crippen LogP contribution < -0.4 is 5.32 Å². The Bertz CT molecular complexity index is 464. The molecule has 1 fully saturated rings. The molecule has 1 aliphatic rings. The summed E-state index contributed by atoms with van der Waals surface area (Å²) in [6.07, 6.45) is 0.827. The first kappa shape index (κ1) is 15.2. The molecule has 4 nitrogen and oxygen atoms in total. The van der Waals surface area contributed by atoms with E-state index in [1.807, 2.05) is 0 Å². The Kier molecular flexibility index (Phi) is 5.76. The van der Waals surface area contributed by atoms with Gasteiger partial charge in [0.25, 0.3) is 5.91 Å². The van der Waals surface area contributed by atoms with Gasteiger partial charge in [0.2, 0.25) is 0 Å². The summed E-state index contributed by atoms with van der Waals surface area (Å²) in [5.74, 6) is -0.980. The summed E-state index contributed by atoms with van der Waals surface area (Å²) in [6, 6.07) is 3.96. The molecule has 1 saturated heterocycles. The minimum atomic E-state index is -0.555. The van der Waals surface area contributed by atoms with Crippen molar-refractivity contribution in [1.82, 2.24) is 10.2 Å². The fourth-order valence-corrected chi connectivity index (χ4v) is 2.27. The van der Waals surface area contributed by atoms with Gasteiger partial charge in [-0.25, -0.2) is 4.39 Å². The summed E-state index contributed by atoms with van der Waals surface area (Å²) < 4.78 is 18.7. The fraction of sp³-hybridized carbons (Fsp3) is 0.500. The van der Waals surface area contributed by atoms with Crippen LogP contribution in [0.25, 0.3) is 0 Å². The zero-order valence-electron chi connectivity index (χ0n) is 11.2. The molecular weight excluding hydrogens is 283 g/mol. The van der Waals surface area contributed by atoms with E-state index in [9.17, 15) is 9.18 Å². The third kappa shape index (κ3) is 4.44. The Morgan fingerprint density at radius 2 is 2.15 bits per heavy atom. The summed E-state index contributed by atoms with van der Waals surface area (Å²) in [6.45, 7) is 4.80. The topological polar surface area (TPSA) is 41.6 Å². The van der Waals surface area contributed by atoms with Crippen LogP contribution in [0.5, 0.6) is 0 Å². The highest BCUT2D eigenvalue weighted by molar-refractivity contribution is 6.30. The van der Waals surface area contributed by atoms with Gasteiger partial charge in [-0.1, -0.05) is 11.6 Å². The molecule has 0 aromatic heterocycles. The molecule has 1 aromatic rings. The lowest BCUT2D eigenvalue weighted by Gasteiger charge is -2.26. The molecule has 0 atom stereocenters. The van der Waals surface area contributed by atoms with Crippen molar-refractivity contribution in [2.45, 2.75) is 6.42 Å². The van der Waals surface area contributed by atoms with E-state index in [1.165, 1.54) is 18.2 Å². The molecule has 1 aliphatic heterocycles. The van der Waals surface area contributed by atoms with Gasteiger partial charge >= 0.3 is 0 Å². The zero-order valence-corrected chi connectivity index (χ0v) is 12.0. The average Bonchev–Trinajstić information content (AvgIpc) is 2.47. The van der Waals surface area contributed by atoms with E-state index in [-0.39, 0.29) is 5.56 Å². The number of nitrogens with zero attached hydrogens (tertiary/aromatic N) is 1. The predicted molar refractivity (Wildman–Crippen MR) is 75.6 cm³/mol. The van der Waals surface area contributed by atoms with Crippen molar-refractivity contribution in [1.29, 1.82) is 0 Å². The molecule has 0 unspecified atom stereocenters. The minimum absolute atomic E-state index is 0.0103. The number of halogens is 2. The van der Waals surface area contributed by atoms with Crippen molar-refractivity contribution in [2.24, 2.45) is 0 Å².